The second kappa shape index (κ2) is 9.76. The van der Waals surface area contributed by atoms with Gasteiger partial charge in [0.2, 0.25) is 10.0 Å². The molecular weight excluding hydrogens is 467 g/mol. The Bertz CT molecular complexity index is 1280. The molecule has 0 saturated carbocycles. The largest absolute Gasteiger partial charge is 0.495 e. The number of amides is 1. The van der Waals surface area contributed by atoms with Gasteiger partial charge in [-0.05, 0) is 43.2 Å². The molecule has 3 aromatic rings. The van der Waals surface area contributed by atoms with Crippen molar-refractivity contribution < 1.29 is 27.1 Å². The van der Waals surface area contributed by atoms with Crippen molar-refractivity contribution >= 4 is 43.0 Å². The van der Waals surface area contributed by atoms with E-state index in [-0.39, 0.29) is 17.3 Å². The lowest BCUT2D eigenvalue weighted by Gasteiger charge is -2.26. The average molecular weight is 493 g/mol. The first-order valence-electron chi connectivity index (χ1n) is 10.5. The van der Waals surface area contributed by atoms with Crippen LogP contribution in [0.2, 0.25) is 0 Å². The predicted octanol–water partition coefficient (Wildman–Crippen LogP) is 4.62. The van der Waals surface area contributed by atoms with E-state index < -0.39 is 21.7 Å². The van der Waals surface area contributed by atoms with Gasteiger partial charge in [-0.25, -0.2) is 12.8 Å². The molecule has 2 aromatic carbocycles. The number of benzene rings is 2. The number of nitrogens with one attached hydrogen (secondary N) is 1. The van der Waals surface area contributed by atoms with Crippen molar-refractivity contribution in [3.63, 3.8) is 0 Å². The summed E-state index contributed by atoms with van der Waals surface area (Å²) in [4.78, 5) is 13.5. The molecule has 1 fully saturated rings. The standard InChI is InChI=1S/C23H25FN2O5S2/c1-30-14-16-21-17(24)7-6-8-19(21)32-22(16)23(27)25-15-9-10-18(31-2)20(13-15)33(28,29)26-11-4-3-5-12-26/h6-10,13H,3-5,11-12,14H2,1-2H3,(H,25,27). The minimum Gasteiger partial charge on any atom is -0.495 e. The van der Waals surface area contributed by atoms with E-state index in [0.29, 0.717) is 39.3 Å². The number of sulfonamides is 1. The Balaban J connectivity index is 1.69. The van der Waals surface area contributed by atoms with E-state index in [1.54, 1.807) is 18.2 Å². The van der Waals surface area contributed by atoms with Crippen molar-refractivity contribution in [1.29, 1.82) is 0 Å². The molecule has 33 heavy (non-hydrogen) atoms. The van der Waals surface area contributed by atoms with E-state index in [1.165, 1.54) is 36.7 Å². The van der Waals surface area contributed by atoms with Crippen LogP contribution >= 0.6 is 11.3 Å². The summed E-state index contributed by atoms with van der Waals surface area (Å²) in [6.07, 6.45) is 2.62. The Kier molecular flexibility index (Phi) is 6.99. The molecule has 1 amide bonds. The lowest BCUT2D eigenvalue weighted by molar-refractivity contribution is 0.102. The quantitative estimate of drug-likeness (QED) is 0.520. The number of anilines is 1. The van der Waals surface area contributed by atoms with E-state index in [2.05, 4.69) is 5.32 Å². The van der Waals surface area contributed by atoms with Gasteiger partial charge in [-0.1, -0.05) is 12.5 Å². The minimum absolute atomic E-state index is 0.00389. The molecule has 0 unspecified atom stereocenters. The van der Waals surface area contributed by atoms with Crippen molar-refractivity contribution in [2.45, 2.75) is 30.8 Å². The predicted molar refractivity (Wildman–Crippen MR) is 126 cm³/mol. The Morgan fingerprint density at radius 2 is 1.91 bits per heavy atom. The zero-order valence-electron chi connectivity index (χ0n) is 18.4. The lowest BCUT2D eigenvalue weighted by atomic mass is 10.1. The van der Waals surface area contributed by atoms with E-state index in [0.717, 1.165) is 30.6 Å². The van der Waals surface area contributed by atoms with Crippen LogP contribution < -0.4 is 10.1 Å². The molecule has 10 heteroatoms. The van der Waals surface area contributed by atoms with Gasteiger partial charge in [0, 0.05) is 41.5 Å². The number of nitrogens with zero attached hydrogens (tertiary/aromatic N) is 1. The van der Waals surface area contributed by atoms with Crippen LogP contribution in [0.3, 0.4) is 0 Å². The maximum Gasteiger partial charge on any atom is 0.266 e. The van der Waals surface area contributed by atoms with Gasteiger partial charge in [-0.2, -0.15) is 4.31 Å². The van der Waals surface area contributed by atoms with Gasteiger partial charge in [0.15, 0.2) is 0 Å². The Morgan fingerprint density at radius 3 is 2.61 bits per heavy atom. The molecule has 0 radical (unpaired) electrons. The first-order chi connectivity index (χ1) is 15.9. The summed E-state index contributed by atoms with van der Waals surface area (Å²) < 4.78 is 53.5. The smallest absolute Gasteiger partial charge is 0.266 e. The third kappa shape index (κ3) is 4.61. The van der Waals surface area contributed by atoms with Crippen molar-refractivity contribution in [1.82, 2.24) is 4.31 Å². The summed E-state index contributed by atoms with van der Waals surface area (Å²) in [6.45, 7) is 0.979. The third-order valence-corrected chi connectivity index (χ3v) is 8.73. The maximum absolute atomic E-state index is 14.5. The van der Waals surface area contributed by atoms with Crippen LogP contribution in [0.1, 0.15) is 34.5 Å². The summed E-state index contributed by atoms with van der Waals surface area (Å²) >= 11 is 1.16. The van der Waals surface area contributed by atoms with Crippen LogP contribution in [0.5, 0.6) is 5.75 Å². The van der Waals surface area contributed by atoms with Gasteiger partial charge in [0.25, 0.3) is 5.91 Å². The number of hydrogen-bond acceptors (Lipinski definition) is 6. The summed E-state index contributed by atoms with van der Waals surface area (Å²) in [5.74, 6) is -0.675. The molecule has 0 spiro atoms. The molecule has 1 N–H and O–H groups in total. The third-order valence-electron chi connectivity index (χ3n) is 5.61. The van der Waals surface area contributed by atoms with E-state index >= 15 is 0 Å². The highest BCUT2D eigenvalue weighted by atomic mass is 32.2. The van der Waals surface area contributed by atoms with Crippen molar-refractivity contribution in [2.24, 2.45) is 0 Å². The summed E-state index contributed by atoms with van der Waals surface area (Å²) in [5, 5.41) is 3.12. The fourth-order valence-corrected chi connectivity index (χ4v) is 6.84. The topological polar surface area (TPSA) is 84.9 Å². The highest BCUT2D eigenvalue weighted by Crippen LogP contribution is 2.35. The molecule has 176 valence electrons. The monoisotopic (exact) mass is 492 g/mol. The number of carbonyl (C=O) groups excluding carboxylic acids is 1. The number of ether oxygens (including phenoxy) is 2. The number of rotatable bonds is 7. The Hall–Kier alpha value is -2.53. The van der Waals surface area contributed by atoms with Gasteiger partial charge in [-0.15, -0.1) is 11.3 Å². The molecule has 1 saturated heterocycles. The van der Waals surface area contributed by atoms with Crippen molar-refractivity contribution in [2.75, 3.05) is 32.6 Å². The first kappa shape index (κ1) is 23.6. The molecule has 0 aliphatic carbocycles. The van der Waals surface area contributed by atoms with E-state index in [4.69, 9.17) is 9.47 Å². The van der Waals surface area contributed by atoms with Gasteiger partial charge < -0.3 is 14.8 Å². The number of fused-ring (bicyclic) bond motifs is 1. The number of methoxy groups -OCH3 is 2. The van der Waals surface area contributed by atoms with Gasteiger partial charge in [-0.3, -0.25) is 4.79 Å². The van der Waals surface area contributed by atoms with Gasteiger partial charge >= 0.3 is 0 Å². The SMILES string of the molecule is COCc1c(C(=O)Nc2ccc(OC)c(S(=O)(=O)N3CCCCC3)c2)sc2cccc(F)c12. The average Bonchev–Trinajstić information content (AvgIpc) is 3.20. The molecule has 2 heterocycles. The van der Waals surface area contributed by atoms with Crippen molar-refractivity contribution in [3.8, 4) is 5.75 Å². The van der Waals surface area contributed by atoms with E-state index in [9.17, 15) is 17.6 Å². The number of piperidine rings is 1. The van der Waals surface area contributed by atoms with Crippen molar-refractivity contribution in [3.05, 3.63) is 52.7 Å². The number of thiophene rings is 1. The lowest BCUT2D eigenvalue weighted by Crippen LogP contribution is -2.35. The zero-order valence-corrected chi connectivity index (χ0v) is 20.0. The number of halogens is 1. The molecule has 1 aliphatic heterocycles. The second-order valence-corrected chi connectivity index (χ2v) is 10.7. The summed E-state index contributed by atoms with van der Waals surface area (Å²) in [7, 11) is -0.893. The normalized spacial score (nSPS) is 15.0. The fourth-order valence-electron chi connectivity index (χ4n) is 4.02. The molecule has 1 aromatic heterocycles. The van der Waals surface area contributed by atoms with Crippen LogP contribution in [-0.2, 0) is 21.4 Å². The van der Waals surface area contributed by atoms with Crippen LogP contribution in [0.25, 0.3) is 10.1 Å². The van der Waals surface area contributed by atoms with E-state index in [1.807, 2.05) is 0 Å². The fraction of sp³-hybridized carbons (Fsp3) is 0.348. The van der Waals surface area contributed by atoms with Gasteiger partial charge in [0.05, 0.1) is 18.6 Å². The molecule has 7 nitrogen and oxygen atoms in total. The molecular formula is C23H25FN2O5S2. The molecule has 4 rings (SSSR count). The summed E-state index contributed by atoms with van der Waals surface area (Å²) in [5.41, 5.74) is 0.764. The van der Waals surface area contributed by atoms with Gasteiger partial charge in [0.1, 0.15) is 16.5 Å². The molecule has 1 aliphatic rings. The maximum atomic E-state index is 14.5. The number of carbonyl (C=O) groups is 1. The first-order valence-corrected chi connectivity index (χ1v) is 12.8. The number of hydrogen-bond donors (Lipinski definition) is 1. The second-order valence-electron chi connectivity index (χ2n) is 7.74. The zero-order chi connectivity index (χ0) is 23.6. The Morgan fingerprint density at radius 1 is 1.15 bits per heavy atom. The highest BCUT2D eigenvalue weighted by Gasteiger charge is 2.29. The highest BCUT2D eigenvalue weighted by molar-refractivity contribution is 7.89. The van der Waals surface area contributed by atoms with Crippen LogP contribution in [0.15, 0.2) is 41.3 Å². The van der Waals surface area contributed by atoms with Crippen LogP contribution in [0, 0.1) is 5.82 Å². The van der Waals surface area contributed by atoms with Crippen LogP contribution in [0.4, 0.5) is 10.1 Å². The minimum atomic E-state index is -3.78. The Labute approximate surface area is 196 Å². The molecule has 0 atom stereocenters. The summed E-state index contributed by atoms with van der Waals surface area (Å²) in [6, 6.07) is 9.19. The molecule has 0 bridgehead atoms. The van der Waals surface area contributed by atoms with Crippen LogP contribution in [-0.4, -0.2) is 45.9 Å².